The third kappa shape index (κ3) is 6.56. The molecule has 0 spiro atoms. The molecule has 0 saturated heterocycles. The molecule has 3 N–H and O–H groups in total. The van der Waals surface area contributed by atoms with Crippen molar-refractivity contribution in [1.29, 1.82) is 0 Å². The largest absolute Gasteiger partial charge is 0.330 e. The van der Waals surface area contributed by atoms with Gasteiger partial charge in [0.15, 0.2) is 0 Å². The Morgan fingerprint density at radius 1 is 1.15 bits per heavy atom. The number of anilines is 1. The summed E-state index contributed by atoms with van der Waals surface area (Å²) in [5, 5.41) is 0. The maximum Gasteiger partial charge on any atom is 0.0152 e. The standard InChI is InChI=1S/C14H15N2.CH4OS.Pd/c1-2-15-16-14-11-7-6-10-13(14)12-8-4-3-5-9-12;1-3-2;/h3-8,10-11,15-16H,2H2,1H3;2H,1H3;/q-1;;. The molecule has 3 nitrogen and oxygen atoms in total. The van der Waals surface area contributed by atoms with E-state index in [0.29, 0.717) is 0 Å². The van der Waals surface area contributed by atoms with Crippen LogP contribution in [-0.2, 0) is 20.4 Å². The van der Waals surface area contributed by atoms with Crippen molar-refractivity contribution in [3.63, 3.8) is 0 Å². The monoisotopic (exact) mass is 381 g/mol. The number of hydrogen-bond acceptors (Lipinski definition) is 4. The summed E-state index contributed by atoms with van der Waals surface area (Å²) in [4.78, 5) is 0. The molecule has 0 radical (unpaired) electrons. The van der Waals surface area contributed by atoms with E-state index in [9.17, 15) is 0 Å². The van der Waals surface area contributed by atoms with Crippen LogP contribution in [0.4, 0.5) is 5.69 Å². The van der Waals surface area contributed by atoms with Crippen molar-refractivity contribution in [3.8, 4) is 11.1 Å². The fraction of sp³-hybridized carbons (Fsp3) is 0.200. The minimum atomic E-state index is 0. The molecule has 0 aliphatic rings. The van der Waals surface area contributed by atoms with Crippen LogP contribution in [0.1, 0.15) is 6.92 Å². The van der Waals surface area contributed by atoms with E-state index < -0.39 is 0 Å². The van der Waals surface area contributed by atoms with Gasteiger partial charge in [-0.25, -0.2) is 5.43 Å². The zero-order valence-electron chi connectivity index (χ0n) is 11.5. The van der Waals surface area contributed by atoms with Gasteiger partial charge in [-0.1, -0.05) is 30.7 Å². The maximum atomic E-state index is 7.49. The summed E-state index contributed by atoms with van der Waals surface area (Å²) in [5.74, 6) is 0. The molecule has 0 aliphatic carbocycles. The van der Waals surface area contributed by atoms with Crippen molar-refractivity contribution < 1.29 is 25.0 Å². The van der Waals surface area contributed by atoms with Gasteiger partial charge in [0.05, 0.1) is 0 Å². The van der Waals surface area contributed by atoms with E-state index in [1.165, 1.54) is 0 Å². The molecule has 0 heterocycles. The van der Waals surface area contributed by atoms with Crippen molar-refractivity contribution in [3.05, 3.63) is 54.6 Å². The molecule has 2 aromatic rings. The van der Waals surface area contributed by atoms with Gasteiger partial charge in [-0.2, -0.15) is 0 Å². The van der Waals surface area contributed by atoms with Crippen LogP contribution in [0.5, 0.6) is 0 Å². The van der Waals surface area contributed by atoms with Crippen molar-refractivity contribution in [2.75, 3.05) is 18.2 Å². The molecule has 2 aromatic carbocycles. The van der Waals surface area contributed by atoms with Crippen LogP contribution >= 0.6 is 12.0 Å². The van der Waals surface area contributed by atoms with Crippen LogP contribution in [0.15, 0.2) is 48.5 Å². The molecule has 0 saturated carbocycles. The van der Waals surface area contributed by atoms with Crippen LogP contribution in [0.2, 0.25) is 0 Å². The van der Waals surface area contributed by atoms with Gasteiger partial charge in [0, 0.05) is 38.9 Å². The average Bonchev–Trinajstić information content (AvgIpc) is 2.47. The summed E-state index contributed by atoms with van der Waals surface area (Å²) in [6.07, 6.45) is 1.60. The van der Waals surface area contributed by atoms with Crippen molar-refractivity contribution in [1.82, 2.24) is 5.43 Å². The number of para-hydroxylation sites is 1. The van der Waals surface area contributed by atoms with Crippen LogP contribution in [0.3, 0.4) is 0 Å². The molecule has 0 aromatic heterocycles. The predicted octanol–water partition coefficient (Wildman–Crippen LogP) is 3.91. The van der Waals surface area contributed by atoms with Gasteiger partial charge in [-0.15, -0.1) is 35.9 Å². The molecule has 0 amide bonds. The number of nitrogens with one attached hydrogen (secondary N) is 2. The summed E-state index contributed by atoms with van der Waals surface area (Å²) in [6.45, 7) is 2.94. The molecule has 2 rings (SSSR count). The second kappa shape index (κ2) is 12.0. The van der Waals surface area contributed by atoms with E-state index in [-0.39, 0.29) is 20.4 Å². The molecule has 0 aliphatic heterocycles. The minimum Gasteiger partial charge on any atom is -0.330 e. The molecule has 0 atom stereocenters. The molecule has 20 heavy (non-hydrogen) atoms. The van der Waals surface area contributed by atoms with Crippen molar-refractivity contribution in [2.24, 2.45) is 0 Å². The first-order valence-electron chi connectivity index (χ1n) is 6.06. The number of hydrogen-bond donors (Lipinski definition) is 3. The van der Waals surface area contributed by atoms with E-state index in [1.54, 1.807) is 6.26 Å². The third-order valence-electron chi connectivity index (χ3n) is 2.33. The quantitative estimate of drug-likeness (QED) is 0.325. The van der Waals surface area contributed by atoms with E-state index in [2.05, 4.69) is 42.0 Å². The molecule has 0 fully saturated rings. The van der Waals surface area contributed by atoms with Crippen LogP contribution in [0, 0.1) is 6.07 Å². The second-order valence-corrected chi connectivity index (χ2v) is 4.02. The second-order valence-electron chi connectivity index (χ2n) is 3.66. The molecule has 0 bridgehead atoms. The Kier molecular flexibility index (Phi) is 11.5. The zero-order valence-corrected chi connectivity index (χ0v) is 13.9. The predicted molar refractivity (Wildman–Crippen MR) is 84.2 cm³/mol. The Balaban J connectivity index is 0.000000830. The Morgan fingerprint density at radius 2 is 1.80 bits per heavy atom. The smallest absolute Gasteiger partial charge is 0.0152 e. The van der Waals surface area contributed by atoms with E-state index in [0.717, 1.165) is 35.4 Å². The van der Waals surface area contributed by atoms with E-state index >= 15 is 0 Å². The molecule has 112 valence electrons. The number of benzene rings is 2. The van der Waals surface area contributed by atoms with Crippen molar-refractivity contribution >= 4 is 17.7 Å². The SMILES string of the molecule is CCNNc1ccccc1-c1[c-]cccc1.CSO.[Pd]. The Morgan fingerprint density at radius 3 is 2.40 bits per heavy atom. The molecular formula is C15H19N2OPdS-. The molecule has 5 heteroatoms. The average molecular weight is 382 g/mol. The van der Waals surface area contributed by atoms with Gasteiger partial charge >= 0.3 is 0 Å². The van der Waals surface area contributed by atoms with Gasteiger partial charge in [0.25, 0.3) is 0 Å². The Bertz CT molecular complexity index is 468. The molecule has 0 unspecified atom stereocenters. The van der Waals surface area contributed by atoms with E-state index in [1.807, 2.05) is 30.3 Å². The zero-order chi connectivity index (χ0) is 13.9. The van der Waals surface area contributed by atoms with Crippen molar-refractivity contribution in [2.45, 2.75) is 6.92 Å². The minimum absolute atomic E-state index is 0. The first-order chi connectivity index (χ1) is 9.33. The van der Waals surface area contributed by atoms with Gasteiger partial charge in [0.1, 0.15) is 0 Å². The summed E-state index contributed by atoms with van der Waals surface area (Å²) in [6, 6.07) is 19.4. The van der Waals surface area contributed by atoms with Crippen LogP contribution in [-0.4, -0.2) is 17.4 Å². The first-order valence-corrected chi connectivity index (χ1v) is 7.24. The van der Waals surface area contributed by atoms with Crippen LogP contribution < -0.4 is 10.9 Å². The number of hydrazine groups is 1. The summed E-state index contributed by atoms with van der Waals surface area (Å²) in [7, 11) is 0. The summed E-state index contributed by atoms with van der Waals surface area (Å²) < 4.78 is 7.49. The van der Waals surface area contributed by atoms with Gasteiger partial charge in [0.2, 0.25) is 0 Å². The first kappa shape index (κ1) is 19.2. The van der Waals surface area contributed by atoms with Gasteiger partial charge < -0.3 is 9.98 Å². The topological polar surface area (TPSA) is 44.3 Å². The molecular weight excluding hydrogens is 363 g/mol. The normalized spacial score (nSPS) is 8.95. The van der Waals surface area contributed by atoms with Gasteiger partial charge in [-0.3, -0.25) is 0 Å². The third-order valence-corrected chi connectivity index (χ3v) is 2.33. The Hall–Kier alpha value is -0.828. The maximum absolute atomic E-state index is 7.49. The Labute approximate surface area is 139 Å². The fourth-order valence-electron chi connectivity index (χ4n) is 1.57. The summed E-state index contributed by atoms with van der Waals surface area (Å²) in [5.41, 5.74) is 9.63. The van der Waals surface area contributed by atoms with Gasteiger partial charge in [-0.05, 0) is 18.1 Å². The fourth-order valence-corrected chi connectivity index (χ4v) is 1.57. The number of rotatable bonds is 4. The van der Waals surface area contributed by atoms with E-state index in [4.69, 9.17) is 4.55 Å². The summed E-state index contributed by atoms with van der Waals surface area (Å²) >= 11 is 0.750. The van der Waals surface area contributed by atoms with Crippen LogP contribution in [0.25, 0.3) is 11.1 Å².